The van der Waals surface area contributed by atoms with Crippen LogP contribution in [0.15, 0.2) is 55.1 Å². The van der Waals surface area contributed by atoms with E-state index in [1.807, 2.05) is 86.1 Å². The number of aliphatic hydroxyl groups is 1. The van der Waals surface area contributed by atoms with Crippen LogP contribution in [0.5, 0.6) is 0 Å². The number of cyclic esters (lactones) is 1. The number of fused-ring (bicyclic) bond motifs is 2. The number of nitrogens with zero attached hydrogens (tertiary/aromatic N) is 5. The van der Waals surface area contributed by atoms with Crippen molar-refractivity contribution in [1.82, 2.24) is 24.3 Å². The maximum atomic E-state index is 15.0. The van der Waals surface area contributed by atoms with E-state index in [1.165, 1.54) is 7.11 Å². The summed E-state index contributed by atoms with van der Waals surface area (Å²) in [5, 5.41) is 11.9. The number of aromatic nitrogens is 3. The Morgan fingerprint density at radius 2 is 1.73 bits per heavy atom. The minimum Gasteiger partial charge on any atom is -0.461 e. The Kier molecular flexibility index (Phi) is 16.7. The molecule has 1 amide bonds. The lowest BCUT2D eigenvalue weighted by atomic mass is 9.73. The predicted octanol–water partition coefficient (Wildman–Crippen LogP) is 6.39. The van der Waals surface area contributed by atoms with Crippen LogP contribution in [0.1, 0.15) is 100.0 Å². The first-order chi connectivity index (χ1) is 31.4. The number of benzene rings is 1. The van der Waals surface area contributed by atoms with Crippen molar-refractivity contribution in [3.05, 3.63) is 60.7 Å². The van der Waals surface area contributed by atoms with Crippen molar-refractivity contribution in [2.75, 3.05) is 27.2 Å². The first-order valence-electron chi connectivity index (χ1n) is 23.8. The molecular formula is C50H73N5O11. The van der Waals surface area contributed by atoms with Crippen LogP contribution in [0, 0.1) is 23.7 Å². The molecule has 3 saturated heterocycles. The summed E-state index contributed by atoms with van der Waals surface area (Å²) in [5.74, 6) is -4.76. The van der Waals surface area contributed by atoms with Gasteiger partial charge in [0.25, 0.3) is 0 Å². The molecule has 1 aromatic carbocycles. The van der Waals surface area contributed by atoms with Crippen molar-refractivity contribution < 1.29 is 52.7 Å². The molecule has 0 unspecified atom stereocenters. The molecule has 6 rings (SSSR count). The summed E-state index contributed by atoms with van der Waals surface area (Å²) >= 11 is 0. The molecule has 66 heavy (non-hydrogen) atoms. The molecule has 5 heterocycles. The monoisotopic (exact) mass is 920 g/mol. The van der Waals surface area contributed by atoms with Gasteiger partial charge < -0.3 is 47.9 Å². The van der Waals surface area contributed by atoms with E-state index in [2.05, 4.69) is 19.4 Å². The van der Waals surface area contributed by atoms with Crippen LogP contribution < -0.4 is 0 Å². The Bertz CT molecular complexity index is 2120. The molecule has 16 heteroatoms. The van der Waals surface area contributed by atoms with Crippen molar-refractivity contribution in [2.45, 2.75) is 167 Å². The average molecular weight is 920 g/mol. The second kappa shape index (κ2) is 21.6. The van der Waals surface area contributed by atoms with Crippen molar-refractivity contribution in [2.24, 2.45) is 23.7 Å². The highest BCUT2D eigenvalue weighted by Crippen LogP contribution is 2.44. The highest BCUT2D eigenvalue weighted by molar-refractivity contribution is 5.85. The molecule has 0 saturated carbocycles. The summed E-state index contributed by atoms with van der Waals surface area (Å²) in [4.78, 5) is 70.2. The van der Waals surface area contributed by atoms with Gasteiger partial charge in [-0.1, -0.05) is 52.8 Å². The molecule has 3 fully saturated rings. The smallest absolute Gasteiger partial charge is 0.410 e. The number of aliphatic hydroxyl groups excluding tert-OH is 1. The number of pyridine rings is 1. The summed E-state index contributed by atoms with van der Waals surface area (Å²) in [7, 11) is 3.47. The topological polar surface area (TPSA) is 181 Å². The van der Waals surface area contributed by atoms with Gasteiger partial charge in [0.2, 0.25) is 0 Å². The number of amides is 1. The summed E-state index contributed by atoms with van der Waals surface area (Å²) < 4.78 is 40.8. The van der Waals surface area contributed by atoms with E-state index in [0.717, 1.165) is 17.5 Å². The fourth-order valence-electron chi connectivity index (χ4n) is 10.8. The Morgan fingerprint density at radius 1 is 1.00 bits per heavy atom. The van der Waals surface area contributed by atoms with Crippen LogP contribution in [0.4, 0.5) is 4.79 Å². The van der Waals surface area contributed by atoms with Crippen LogP contribution in [0.2, 0.25) is 0 Å². The number of likely N-dealkylation sites (N-methyl/N-ethyl adjacent to an activating group) is 1. The van der Waals surface area contributed by atoms with Crippen molar-refractivity contribution in [3.8, 4) is 0 Å². The van der Waals surface area contributed by atoms with Gasteiger partial charge in [-0.15, -0.1) is 0 Å². The van der Waals surface area contributed by atoms with Crippen molar-refractivity contribution >= 4 is 34.8 Å². The zero-order chi connectivity index (χ0) is 48.1. The highest BCUT2D eigenvalue weighted by Gasteiger charge is 2.60. The van der Waals surface area contributed by atoms with E-state index >= 15 is 4.79 Å². The fraction of sp³-hybridized carbons (Fsp3) is 0.680. The van der Waals surface area contributed by atoms with Crippen molar-refractivity contribution in [1.29, 1.82) is 0 Å². The lowest BCUT2D eigenvalue weighted by Gasteiger charge is -2.48. The summed E-state index contributed by atoms with van der Waals surface area (Å²) in [6, 6.07) is 10.3. The van der Waals surface area contributed by atoms with E-state index in [1.54, 1.807) is 43.3 Å². The molecule has 16 nitrogen and oxygen atoms in total. The first-order valence-corrected chi connectivity index (χ1v) is 23.8. The van der Waals surface area contributed by atoms with Gasteiger partial charge in [-0.2, -0.15) is 0 Å². The van der Waals surface area contributed by atoms with Crippen LogP contribution in [-0.4, -0.2) is 141 Å². The molecule has 0 spiro atoms. The normalized spacial score (nSPS) is 34.7. The fourth-order valence-corrected chi connectivity index (χ4v) is 10.8. The number of carbonyl (C=O) groups excluding carboxylic acids is 4. The average Bonchev–Trinajstić information content (AvgIpc) is 3.83. The van der Waals surface area contributed by atoms with Gasteiger partial charge in [0.05, 0.1) is 53.6 Å². The Morgan fingerprint density at radius 3 is 2.41 bits per heavy atom. The number of imidazole rings is 1. The number of methoxy groups -OCH3 is 1. The molecule has 3 aromatic rings. The number of carbonyl (C=O) groups is 4. The number of aryl methyl sites for hydroxylation is 1. The molecule has 2 aromatic heterocycles. The van der Waals surface area contributed by atoms with Crippen LogP contribution in [0.3, 0.4) is 0 Å². The zero-order valence-corrected chi connectivity index (χ0v) is 40.8. The second-order valence-electron chi connectivity index (χ2n) is 19.3. The molecule has 0 radical (unpaired) electrons. The number of ketones is 1. The Balaban J connectivity index is 1.37. The number of para-hydroxylation sites is 2. The van der Waals surface area contributed by atoms with Crippen LogP contribution in [-0.2, 0) is 55.8 Å². The Hall–Kier alpha value is -4.48. The maximum Gasteiger partial charge on any atom is 0.410 e. The predicted molar refractivity (Wildman–Crippen MR) is 246 cm³/mol. The van der Waals surface area contributed by atoms with E-state index in [9.17, 15) is 19.5 Å². The molecule has 3 aliphatic rings. The summed E-state index contributed by atoms with van der Waals surface area (Å²) in [5.41, 5.74) is -0.175. The third-order valence-corrected chi connectivity index (χ3v) is 14.7. The van der Waals surface area contributed by atoms with Gasteiger partial charge in [0.15, 0.2) is 11.9 Å². The van der Waals surface area contributed by atoms with E-state index < -0.39 is 89.7 Å². The van der Waals surface area contributed by atoms with E-state index in [4.69, 9.17) is 28.4 Å². The van der Waals surface area contributed by atoms with Gasteiger partial charge in [-0.05, 0) is 97.2 Å². The largest absolute Gasteiger partial charge is 0.461 e. The van der Waals surface area contributed by atoms with E-state index in [-0.39, 0.29) is 37.2 Å². The van der Waals surface area contributed by atoms with E-state index in [0.29, 0.717) is 38.0 Å². The highest BCUT2D eigenvalue weighted by atomic mass is 16.7. The van der Waals surface area contributed by atoms with Crippen LogP contribution in [0.25, 0.3) is 11.0 Å². The number of rotatable bonds is 14. The van der Waals surface area contributed by atoms with Gasteiger partial charge >= 0.3 is 18.0 Å². The molecule has 364 valence electrons. The minimum atomic E-state index is -1.43. The number of hydrogen-bond acceptors (Lipinski definition) is 14. The lowest BCUT2D eigenvalue weighted by Crippen LogP contribution is -2.61. The number of esters is 2. The number of unbranched alkanes of at least 4 members (excludes halogenated alkanes) is 1. The first kappa shape index (κ1) is 50.9. The SMILES string of the molecule is CC[C@H]1OC(=O)[C@H](C)[C@@H](OC(=O)Cc2cccnc2)[C@H](C)[C@@H](O[C@H]2O[C@@H](C)C[C@@H](N(C)CC)[C@@H]2O)[C@](C)(OC)C[C@@H](C)C(=O)[C@H](C)[C@H]2N(CCCCn3cnc4ccccc43)C(=O)O[C@]12C. The number of Topliss-reactive ketones (excluding diaryl/α,β-unsaturated/α-hetero) is 1. The number of hydrogen-bond donors (Lipinski definition) is 1. The zero-order valence-electron chi connectivity index (χ0n) is 40.8. The molecular weight excluding hydrogens is 847 g/mol. The molecule has 14 atom stereocenters. The molecule has 1 N–H and O–H groups in total. The third-order valence-electron chi connectivity index (χ3n) is 14.7. The standard InChI is InChI=1S/C50H73N5O11/c1-12-39-50(9)44(55(48(60)66-50)24-17-16-23-54-29-52-36-20-14-15-21-37(36)54)32(5)41(57)30(3)27-49(8,61-11)45(65-47-42(58)38(53(10)13-2)25-31(4)62-47)33(6)43(34(7)46(59)63-39)64-40(56)26-35-19-18-22-51-28-35/h14-15,18-22,28-34,38-39,42-45,47,58H,12-13,16-17,23-27H2,1-11H3/t30-,31+,32+,33+,34-,38-,39-,42+,43+,44-,45-,47-,49-,50-/m1/s1. The van der Waals surface area contributed by atoms with Gasteiger partial charge in [0.1, 0.15) is 24.1 Å². The maximum absolute atomic E-state index is 15.0. The molecule has 0 aliphatic carbocycles. The number of ether oxygens (including phenoxy) is 6. The third kappa shape index (κ3) is 10.8. The summed E-state index contributed by atoms with van der Waals surface area (Å²) in [6.45, 7) is 18.1. The quantitative estimate of drug-likeness (QED) is 0.107. The van der Waals surface area contributed by atoms with Gasteiger partial charge in [0, 0.05) is 56.4 Å². The van der Waals surface area contributed by atoms with Gasteiger partial charge in [-0.3, -0.25) is 19.4 Å². The second-order valence-corrected chi connectivity index (χ2v) is 19.3. The molecule has 3 aliphatic heterocycles. The van der Waals surface area contributed by atoms with Crippen LogP contribution >= 0.6 is 0 Å². The lowest BCUT2D eigenvalue weighted by molar-refractivity contribution is -0.302. The molecule has 0 bridgehead atoms. The summed E-state index contributed by atoms with van der Waals surface area (Å²) in [6.07, 6.45) is 0.900. The van der Waals surface area contributed by atoms with Crippen molar-refractivity contribution in [3.63, 3.8) is 0 Å². The Labute approximate surface area is 390 Å². The van der Waals surface area contributed by atoms with Gasteiger partial charge in [-0.25, -0.2) is 9.78 Å². The minimum absolute atomic E-state index is 0.121.